The SMILES string of the molecule is Cc1cc(Br)cc(C)c1-n1cc[nH]c1=S. The highest BCUT2D eigenvalue weighted by Crippen LogP contribution is 2.24. The molecule has 1 N–H and O–H groups in total. The first kappa shape index (κ1) is 10.6. The summed E-state index contributed by atoms with van der Waals surface area (Å²) in [5, 5.41) is 0. The zero-order valence-corrected chi connectivity index (χ0v) is 10.9. The van der Waals surface area contributed by atoms with Crippen molar-refractivity contribution in [2.75, 3.05) is 0 Å². The third-order valence-electron chi connectivity index (χ3n) is 2.35. The molecule has 0 radical (unpaired) electrons. The van der Waals surface area contributed by atoms with Crippen LogP contribution in [0.4, 0.5) is 0 Å². The van der Waals surface area contributed by atoms with Gasteiger partial charge < -0.3 is 4.98 Å². The Morgan fingerprint density at radius 1 is 1.27 bits per heavy atom. The van der Waals surface area contributed by atoms with E-state index < -0.39 is 0 Å². The highest BCUT2D eigenvalue weighted by atomic mass is 79.9. The standard InChI is InChI=1S/C11H11BrN2S/c1-7-5-9(12)6-8(2)10(7)14-4-3-13-11(14)15/h3-6H,1-2H3,(H,13,15). The molecular weight excluding hydrogens is 272 g/mol. The average Bonchev–Trinajstić information content (AvgIpc) is 2.50. The van der Waals surface area contributed by atoms with Crippen LogP contribution < -0.4 is 0 Å². The van der Waals surface area contributed by atoms with Gasteiger partial charge in [0.05, 0.1) is 5.69 Å². The lowest BCUT2D eigenvalue weighted by Gasteiger charge is -2.11. The van der Waals surface area contributed by atoms with Crippen molar-refractivity contribution in [3.63, 3.8) is 0 Å². The van der Waals surface area contributed by atoms with Crippen LogP contribution in [0, 0.1) is 18.6 Å². The molecule has 0 unspecified atom stereocenters. The molecule has 1 aromatic heterocycles. The van der Waals surface area contributed by atoms with E-state index in [0.29, 0.717) is 0 Å². The summed E-state index contributed by atoms with van der Waals surface area (Å²) in [5.74, 6) is 0. The molecular formula is C11H11BrN2S. The predicted octanol–water partition coefficient (Wildman–Crippen LogP) is 3.91. The summed E-state index contributed by atoms with van der Waals surface area (Å²) in [7, 11) is 0. The van der Waals surface area contributed by atoms with Gasteiger partial charge in [0.1, 0.15) is 0 Å². The van der Waals surface area contributed by atoms with Crippen LogP contribution in [0.1, 0.15) is 11.1 Å². The number of halogens is 1. The number of aromatic nitrogens is 2. The Bertz CT molecular complexity index is 531. The van der Waals surface area contributed by atoms with Crippen molar-refractivity contribution in [2.24, 2.45) is 0 Å². The zero-order valence-electron chi connectivity index (χ0n) is 8.54. The van der Waals surface area contributed by atoms with Gasteiger partial charge in [-0.25, -0.2) is 0 Å². The van der Waals surface area contributed by atoms with Crippen molar-refractivity contribution in [3.8, 4) is 5.69 Å². The van der Waals surface area contributed by atoms with E-state index in [1.165, 1.54) is 11.1 Å². The van der Waals surface area contributed by atoms with Gasteiger partial charge >= 0.3 is 0 Å². The van der Waals surface area contributed by atoms with Gasteiger partial charge in [0.15, 0.2) is 4.77 Å². The number of benzene rings is 1. The second-order valence-electron chi connectivity index (χ2n) is 3.52. The fourth-order valence-electron chi connectivity index (χ4n) is 1.78. The number of hydrogen-bond donors (Lipinski definition) is 1. The van der Waals surface area contributed by atoms with Crippen molar-refractivity contribution in [2.45, 2.75) is 13.8 Å². The van der Waals surface area contributed by atoms with E-state index in [9.17, 15) is 0 Å². The Balaban J connectivity index is 2.74. The minimum atomic E-state index is 0.725. The molecule has 0 bridgehead atoms. The van der Waals surface area contributed by atoms with Crippen LogP contribution in [-0.2, 0) is 0 Å². The summed E-state index contributed by atoms with van der Waals surface area (Å²) in [5.41, 5.74) is 3.57. The van der Waals surface area contributed by atoms with Crippen LogP contribution in [0.2, 0.25) is 0 Å². The lowest BCUT2D eigenvalue weighted by atomic mass is 10.1. The summed E-state index contributed by atoms with van der Waals surface area (Å²) in [6, 6.07) is 4.19. The summed E-state index contributed by atoms with van der Waals surface area (Å²) in [4.78, 5) is 3.00. The number of H-pyrrole nitrogens is 1. The molecule has 0 fully saturated rings. The van der Waals surface area contributed by atoms with Gasteiger partial charge in [-0.05, 0) is 49.3 Å². The Kier molecular flexibility index (Phi) is 2.80. The maximum atomic E-state index is 5.22. The third-order valence-corrected chi connectivity index (χ3v) is 3.12. The molecule has 0 atom stereocenters. The third kappa shape index (κ3) is 1.92. The molecule has 15 heavy (non-hydrogen) atoms. The van der Waals surface area contributed by atoms with E-state index in [-0.39, 0.29) is 0 Å². The van der Waals surface area contributed by atoms with Crippen LogP contribution in [0.3, 0.4) is 0 Å². The molecule has 2 nitrogen and oxygen atoms in total. The quantitative estimate of drug-likeness (QED) is 0.787. The maximum Gasteiger partial charge on any atom is 0.181 e. The molecule has 4 heteroatoms. The summed E-state index contributed by atoms with van der Waals surface area (Å²) < 4.78 is 3.82. The average molecular weight is 283 g/mol. The van der Waals surface area contributed by atoms with Crippen molar-refractivity contribution < 1.29 is 0 Å². The van der Waals surface area contributed by atoms with E-state index in [1.807, 2.05) is 17.0 Å². The Labute approximate surface area is 102 Å². The molecule has 0 aliphatic carbocycles. The lowest BCUT2D eigenvalue weighted by Crippen LogP contribution is -1.99. The Hall–Kier alpha value is -0.870. The van der Waals surface area contributed by atoms with Crippen LogP contribution in [0.15, 0.2) is 29.0 Å². The van der Waals surface area contributed by atoms with E-state index in [1.54, 1.807) is 0 Å². The van der Waals surface area contributed by atoms with Gasteiger partial charge in [0.25, 0.3) is 0 Å². The van der Waals surface area contributed by atoms with Gasteiger partial charge in [-0.3, -0.25) is 4.57 Å². The van der Waals surface area contributed by atoms with Gasteiger partial charge in [-0.15, -0.1) is 0 Å². The largest absolute Gasteiger partial charge is 0.337 e. The van der Waals surface area contributed by atoms with Gasteiger partial charge in [-0.1, -0.05) is 15.9 Å². The Morgan fingerprint density at radius 2 is 1.87 bits per heavy atom. The molecule has 2 aromatic rings. The second kappa shape index (κ2) is 3.94. The summed E-state index contributed by atoms with van der Waals surface area (Å²) in [6.45, 7) is 4.17. The van der Waals surface area contributed by atoms with Gasteiger partial charge in [0, 0.05) is 16.9 Å². The van der Waals surface area contributed by atoms with E-state index in [2.05, 4.69) is 46.9 Å². The number of aromatic amines is 1. The predicted molar refractivity (Wildman–Crippen MR) is 68.1 cm³/mol. The highest BCUT2D eigenvalue weighted by Gasteiger charge is 2.06. The molecule has 0 aliphatic rings. The van der Waals surface area contributed by atoms with Crippen LogP contribution in [0.25, 0.3) is 5.69 Å². The fraction of sp³-hybridized carbons (Fsp3) is 0.182. The molecule has 0 aliphatic heterocycles. The molecule has 78 valence electrons. The van der Waals surface area contributed by atoms with Crippen LogP contribution in [0.5, 0.6) is 0 Å². The minimum Gasteiger partial charge on any atom is -0.337 e. The molecule has 1 heterocycles. The number of nitrogens with zero attached hydrogens (tertiary/aromatic N) is 1. The van der Waals surface area contributed by atoms with Crippen molar-refractivity contribution in [3.05, 3.63) is 44.9 Å². The normalized spacial score (nSPS) is 10.6. The molecule has 2 rings (SSSR count). The number of hydrogen-bond acceptors (Lipinski definition) is 1. The Morgan fingerprint density at radius 3 is 2.33 bits per heavy atom. The van der Waals surface area contributed by atoms with Crippen molar-refractivity contribution in [1.82, 2.24) is 9.55 Å². The minimum absolute atomic E-state index is 0.725. The number of rotatable bonds is 1. The number of nitrogens with one attached hydrogen (secondary N) is 1. The molecule has 0 amide bonds. The first-order valence-electron chi connectivity index (χ1n) is 4.63. The second-order valence-corrected chi connectivity index (χ2v) is 4.83. The monoisotopic (exact) mass is 282 g/mol. The molecule has 0 saturated heterocycles. The highest BCUT2D eigenvalue weighted by molar-refractivity contribution is 9.10. The van der Waals surface area contributed by atoms with E-state index in [0.717, 1.165) is 14.9 Å². The number of imidazole rings is 1. The van der Waals surface area contributed by atoms with Gasteiger partial charge in [-0.2, -0.15) is 0 Å². The summed E-state index contributed by atoms with van der Waals surface area (Å²) in [6.07, 6.45) is 3.80. The zero-order chi connectivity index (χ0) is 11.0. The smallest absolute Gasteiger partial charge is 0.181 e. The fourth-order valence-corrected chi connectivity index (χ4v) is 2.69. The van der Waals surface area contributed by atoms with Crippen LogP contribution >= 0.6 is 28.1 Å². The van der Waals surface area contributed by atoms with Crippen molar-refractivity contribution >= 4 is 28.1 Å². The molecule has 1 aromatic carbocycles. The lowest BCUT2D eigenvalue weighted by molar-refractivity contribution is 1.00. The first-order chi connectivity index (χ1) is 7.09. The van der Waals surface area contributed by atoms with E-state index in [4.69, 9.17) is 12.2 Å². The maximum absolute atomic E-state index is 5.22. The van der Waals surface area contributed by atoms with Crippen molar-refractivity contribution in [1.29, 1.82) is 0 Å². The van der Waals surface area contributed by atoms with E-state index >= 15 is 0 Å². The number of aryl methyl sites for hydroxylation is 2. The molecule has 0 spiro atoms. The first-order valence-corrected chi connectivity index (χ1v) is 5.83. The summed E-state index contributed by atoms with van der Waals surface area (Å²) >= 11 is 8.70. The topological polar surface area (TPSA) is 20.7 Å². The van der Waals surface area contributed by atoms with Crippen LogP contribution in [-0.4, -0.2) is 9.55 Å². The molecule has 0 saturated carbocycles. The van der Waals surface area contributed by atoms with Gasteiger partial charge in [0.2, 0.25) is 0 Å².